The number of nitrogens with two attached hydrogens (primary N) is 1. The second-order valence-electron chi connectivity index (χ2n) is 6.13. The molecular formula is C13H24N2O2. The molecule has 0 radical (unpaired) electrons. The standard InChI is InChI=1S/C13H24N2O2/c1-5-17-10-7-13(14,12(10,3)4)11(16)15-9-6-8(9)2/h8-10H,5-7,14H2,1-4H3,(H,15,16). The summed E-state index contributed by atoms with van der Waals surface area (Å²) >= 11 is 0. The van der Waals surface area contributed by atoms with Crippen LogP contribution in [0.15, 0.2) is 0 Å². The van der Waals surface area contributed by atoms with Gasteiger partial charge in [-0.1, -0.05) is 20.8 Å². The van der Waals surface area contributed by atoms with Crippen molar-refractivity contribution < 1.29 is 9.53 Å². The summed E-state index contributed by atoms with van der Waals surface area (Å²) in [6.07, 6.45) is 1.80. The van der Waals surface area contributed by atoms with E-state index in [0.29, 0.717) is 25.0 Å². The van der Waals surface area contributed by atoms with Gasteiger partial charge < -0.3 is 15.8 Å². The van der Waals surface area contributed by atoms with Gasteiger partial charge in [0.2, 0.25) is 5.91 Å². The fraction of sp³-hybridized carbons (Fsp3) is 0.923. The molecule has 0 spiro atoms. The quantitative estimate of drug-likeness (QED) is 0.772. The third-order valence-corrected chi connectivity index (χ3v) is 4.66. The van der Waals surface area contributed by atoms with Crippen molar-refractivity contribution in [1.82, 2.24) is 5.32 Å². The zero-order valence-electron chi connectivity index (χ0n) is 11.2. The van der Waals surface area contributed by atoms with Crippen LogP contribution in [0.2, 0.25) is 0 Å². The van der Waals surface area contributed by atoms with Crippen LogP contribution in [-0.4, -0.2) is 30.2 Å². The van der Waals surface area contributed by atoms with Crippen molar-refractivity contribution in [2.24, 2.45) is 17.1 Å². The lowest BCUT2D eigenvalue weighted by Gasteiger charge is -2.57. The summed E-state index contributed by atoms with van der Waals surface area (Å²) in [7, 11) is 0. The second kappa shape index (κ2) is 3.95. The molecule has 2 fully saturated rings. The molecule has 0 saturated heterocycles. The van der Waals surface area contributed by atoms with E-state index in [4.69, 9.17) is 10.5 Å². The zero-order valence-corrected chi connectivity index (χ0v) is 11.2. The minimum Gasteiger partial charge on any atom is -0.378 e. The summed E-state index contributed by atoms with van der Waals surface area (Å²) in [5.41, 5.74) is 5.22. The summed E-state index contributed by atoms with van der Waals surface area (Å²) in [6, 6.07) is 0.338. The SMILES string of the molecule is CCOC1CC(N)(C(=O)NC2CC2C)C1(C)C. The Morgan fingerprint density at radius 1 is 1.53 bits per heavy atom. The van der Waals surface area contributed by atoms with Crippen LogP contribution in [-0.2, 0) is 9.53 Å². The van der Waals surface area contributed by atoms with Crippen LogP contribution in [0.25, 0.3) is 0 Å². The van der Waals surface area contributed by atoms with Crippen LogP contribution in [0.1, 0.15) is 40.5 Å². The molecule has 0 bridgehead atoms. The van der Waals surface area contributed by atoms with E-state index in [-0.39, 0.29) is 17.4 Å². The smallest absolute Gasteiger partial charge is 0.241 e. The van der Waals surface area contributed by atoms with Crippen molar-refractivity contribution in [3.63, 3.8) is 0 Å². The summed E-state index contributed by atoms with van der Waals surface area (Å²) in [5.74, 6) is 0.598. The van der Waals surface area contributed by atoms with E-state index in [2.05, 4.69) is 12.2 Å². The van der Waals surface area contributed by atoms with Crippen molar-refractivity contribution >= 4 is 5.91 Å². The molecule has 0 aromatic carbocycles. The zero-order chi connectivity index (χ0) is 12.8. The summed E-state index contributed by atoms with van der Waals surface area (Å²) < 4.78 is 5.62. The molecule has 3 N–H and O–H groups in total. The highest BCUT2D eigenvalue weighted by Gasteiger charge is 2.63. The summed E-state index contributed by atoms with van der Waals surface area (Å²) in [6.45, 7) is 8.83. The fourth-order valence-electron chi connectivity index (χ4n) is 2.64. The second-order valence-corrected chi connectivity index (χ2v) is 6.13. The molecule has 2 aliphatic carbocycles. The lowest BCUT2D eigenvalue weighted by molar-refractivity contribution is -0.170. The maximum atomic E-state index is 12.2. The Morgan fingerprint density at radius 3 is 2.53 bits per heavy atom. The van der Waals surface area contributed by atoms with E-state index in [1.807, 2.05) is 20.8 Å². The number of carbonyl (C=O) groups is 1. The highest BCUT2D eigenvalue weighted by molar-refractivity contribution is 5.89. The molecule has 2 rings (SSSR count). The van der Waals surface area contributed by atoms with Gasteiger partial charge in [0, 0.05) is 24.5 Å². The number of rotatable bonds is 4. The Morgan fingerprint density at radius 2 is 2.12 bits per heavy atom. The first-order chi connectivity index (χ1) is 7.83. The van der Waals surface area contributed by atoms with E-state index in [9.17, 15) is 4.79 Å². The first kappa shape index (κ1) is 12.8. The van der Waals surface area contributed by atoms with Crippen LogP contribution in [0.3, 0.4) is 0 Å². The van der Waals surface area contributed by atoms with Crippen LogP contribution in [0.4, 0.5) is 0 Å². The predicted molar refractivity (Wildman–Crippen MR) is 66.4 cm³/mol. The predicted octanol–water partition coefficient (Wildman–Crippen LogP) is 1.04. The molecule has 4 heteroatoms. The molecule has 98 valence electrons. The number of ether oxygens (including phenoxy) is 1. The Balaban J connectivity index is 1.98. The molecule has 1 amide bonds. The highest BCUT2D eigenvalue weighted by Crippen LogP contribution is 2.50. The molecule has 4 nitrogen and oxygen atoms in total. The molecule has 4 atom stereocenters. The van der Waals surface area contributed by atoms with E-state index in [1.165, 1.54) is 0 Å². The molecule has 17 heavy (non-hydrogen) atoms. The van der Waals surface area contributed by atoms with Gasteiger partial charge in [-0.2, -0.15) is 0 Å². The first-order valence-electron chi connectivity index (χ1n) is 6.54. The van der Waals surface area contributed by atoms with Crippen LogP contribution in [0, 0.1) is 11.3 Å². The van der Waals surface area contributed by atoms with Gasteiger partial charge in [0.1, 0.15) is 5.54 Å². The molecule has 4 unspecified atom stereocenters. The van der Waals surface area contributed by atoms with Crippen molar-refractivity contribution in [1.29, 1.82) is 0 Å². The summed E-state index contributed by atoms with van der Waals surface area (Å²) in [5, 5.41) is 3.04. The number of nitrogens with one attached hydrogen (secondary N) is 1. The largest absolute Gasteiger partial charge is 0.378 e. The number of carbonyl (C=O) groups excluding carboxylic acids is 1. The van der Waals surface area contributed by atoms with Gasteiger partial charge >= 0.3 is 0 Å². The Bertz CT molecular complexity index is 329. The van der Waals surface area contributed by atoms with Gasteiger partial charge in [0.05, 0.1) is 6.10 Å². The fourth-order valence-corrected chi connectivity index (χ4v) is 2.64. The average molecular weight is 240 g/mol. The van der Waals surface area contributed by atoms with Crippen molar-refractivity contribution in [3.8, 4) is 0 Å². The van der Waals surface area contributed by atoms with Gasteiger partial charge in [-0.15, -0.1) is 0 Å². The van der Waals surface area contributed by atoms with Crippen molar-refractivity contribution in [3.05, 3.63) is 0 Å². The van der Waals surface area contributed by atoms with E-state index >= 15 is 0 Å². The van der Waals surface area contributed by atoms with Crippen LogP contribution >= 0.6 is 0 Å². The third-order valence-electron chi connectivity index (χ3n) is 4.66. The Kier molecular flexibility index (Phi) is 2.99. The minimum atomic E-state index is -0.769. The Labute approximate surface area is 103 Å². The number of hydrogen-bond donors (Lipinski definition) is 2. The van der Waals surface area contributed by atoms with Gasteiger partial charge in [-0.3, -0.25) is 4.79 Å². The number of hydrogen-bond acceptors (Lipinski definition) is 3. The van der Waals surface area contributed by atoms with Crippen molar-refractivity contribution in [2.45, 2.75) is 58.2 Å². The lowest BCUT2D eigenvalue weighted by atomic mass is 9.54. The van der Waals surface area contributed by atoms with Gasteiger partial charge in [-0.25, -0.2) is 0 Å². The first-order valence-corrected chi connectivity index (χ1v) is 6.54. The van der Waals surface area contributed by atoms with Gasteiger partial charge in [0.25, 0.3) is 0 Å². The molecule has 0 heterocycles. The minimum absolute atomic E-state index is 0.00666. The molecular weight excluding hydrogens is 216 g/mol. The highest BCUT2D eigenvalue weighted by atomic mass is 16.5. The van der Waals surface area contributed by atoms with E-state index in [0.717, 1.165) is 6.42 Å². The molecule has 0 aliphatic heterocycles. The van der Waals surface area contributed by atoms with E-state index < -0.39 is 5.54 Å². The maximum absolute atomic E-state index is 12.2. The van der Waals surface area contributed by atoms with Crippen molar-refractivity contribution in [2.75, 3.05) is 6.61 Å². The number of amides is 1. The average Bonchev–Trinajstić information content (AvgIpc) is 2.93. The molecule has 2 saturated carbocycles. The monoisotopic (exact) mass is 240 g/mol. The van der Waals surface area contributed by atoms with Gasteiger partial charge in [0.15, 0.2) is 0 Å². The van der Waals surface area contributed by atoms with Crippen LogP contribution < -0.4 is 11.1 Å². The molecule has 2 aliphatic rings. The third kappa shape index (κ3) is 1.87. The van der Waals surface area contributed by atoms with E-state index in [1.54, 1.807) is 0 Å². The topological polar surface area (TPSA) is 64.3 Å². The normalized spacial score (nSPS) is 42.8. The lowest BCUT2D eigenvalue weighted by Crippen LogP contribution is -2.76. The maximum Gasteiger partial charge on any atom is 0.241 e. The summed E-state index contributed by atoms with van der Waals surface area (Å²) in [4.78, 5) is 12.2. The molecule has 0 aromatic heterocycles. The van der Waals surface area contributed by atoms with Crippen LogP contribution in [0.5, 0.6) is 0 Å². The Hall–Kier alpha value is -0.610. The molecule has 0 aromatic rings. The van der Waals surface area contributed by atoms with Gasteiger partial charge in [-0.05, 0) is 19.3 Å².